The Hall–Kier alpha value is -2.40. The Balaban J connectivity index is 2.95. The monoisotopic (exact) mass is 259 g/mol. The summed E-state index contributed by atoms with van der Waals surface area (Å²) < 4.78 is 13.9. The lowest BCUT2D eigenvalue weighted by atomic mass is 10.1. The number of carbonyl (C=O) groups is 1. The van der Waals surface area contributed by atoms with Gasteiger partial charge in [0, 0.05) is 13.1 Å². The van der Waals surface area contributed by atoms with Gasteiger partial charge in [0.05, 0.1) is 30.5 Å². The summed E-state index contributed by atoms with van der Waals surface area (Å²) in [5.41, 5.74) is 0.377. The first-order chi connectivity index (χ1) is 9.11. The second-order valence-corrected chi connectivity index (χ2v) is 4.04. The predicted octanol–water partition coefficient (Wildman–Crippen LogP) is 2.40. The minimum absolute atomic E-state index is 0.0177. The quantitative estimate of drug-likeness (QED) is 0.815. The zero-order valence-electron chi connectivity index (χ0n) is 10.7. The van der Waals surface area contributed by atoms with E-state index in [2.05, 4.69) is 0 Å². The fourth-order valence-electron chi connectivity index (χ4n) is 1.67. The highest BCUT2D eigenvalue weighted by Crippen LogP contribution is 2.14. The van der Waals surface area contributed by atoms with Gasteiger partial charge in [-0.15, -0.1) is 0 Å². The molecule has 0 radical (unpaired) electrons. The van der Waals surface area contributed by atoms with Gasteiger partial charge in [0.15, 0.2) is 0 Å². The summed E-state index contributed by atoms with van der Waals surface area (Å²) in [6.45, 7) is 1.98. The fraction of sp³-hybridized carbons (Fsp3) is 0.357. The van der Waals surface area contributed by atoms with Gasteiger partial charge >= 0.3 is 0 Å². The molecule has 1 rings (SSSR count). The van der Waals surface area contributed by atoms with Crippen LogP contribution in [0.2, 0.25) is 0 Å². The van der Waals surface area contributed by atoms with Gasteiger partial charge in [-0.3, -0.25) is 4.79 Å². The number of benzene rings is 1. The van der Waals surface area contributed by atoms with Crippen molar-refractivity contribution in [2.24, 2.45) is 0 Å². The highest BCUT2D eigenvalue weighted by Gasteiger charge is 2.19. The molecule has 1 aromatic carbocycles. The SMILES string of the molecule is Cc1cccc(C(=O)N(CCC#N)CCC#N)c1F. The van der Waals surface area contributed by atoms with Crippen LogP contribution in [0.3, 0.4) is 0 Å². The highest BCUT2D eigenvalue weighted by molar-refractivity contribution is 5.94. The Bertz CT molecular complexity index is 525. The zero-order valence-corrected chi connectivity index (χ0v) is 10.7. The Morgan fingerprint density at radius 1 is 1.26 bits per heavy atom. The number of halogens is 1. The summed E-state index contributed by atoms with van der Waals surface area (Å²) in [5.74, 6) is -1.03. The van der Waals surface area contributed by atoms with Gasteiger partial charge in [0.25, 0.3) is 5.91 Å². The lowest BCUT2D eigenvalue weighted by Crippen LogP contribution is -2.33. The molecule has 5 heteroatoms. The molecule has 19 heavy (non-hydrogen) atoms. The number of hydrogen-bond acceptors (Lipinski definition) is 3. The number of hydrogen-bond donors (Lipinski definition) is 0. The number of nitrogens with zero attached hydrogens (tertiary/aromatic N) is 3. The molecule has 0 heterocycles. The Labute approximate surface area is 111 Å². The van der Waals surface area contributed by atoms with Gasteiger partial charge in [0.1, 0.15) is 5.82 Å². The predicted molar refractivity (Wildman–Crippen MR) is 67.5 cm³/mol. The van der Waals surface area contributed by atoms with E-state index in [1.54, 1.807) is 19.1 Å². The minimum atomic E-state index is -0.550. The summed E-state index contributed by atoms with van der Waals surface area (Å²) >= 11 is 0. The average Bonchev–Trinajstić information content (AvgIpc) is 2.41. The van der Waals surface area contributed by atoms with Gasteiger partial charge in [-0.1, -0.05) is 12.1 Å². The fourth-order valence-corrected chi connectivity index (χ4v) is 1.67. The molecule has 0 N–H and O–H groups in total. The Morgan fingerprint density at radius 2 is 1.84 bits per heavy atom. The first-order valence-corrected chi connectivity index (χ1v) is 5.90. The van der Waals surface area contributed by atoms with E-state index in [0.717, 1.165) is 0 Å². The molecule has 0 atom stereocenters. The molecule has 0 aliphatic heterocycles. The Morgan fingerprint density at radius 3 is 2.37 bits per heavy atom. The summed E-state index contributed by atoms with van der Waals surface area (Å²) in [5, 5.41) is 17.1. The maximum atomic E-state index is 13.9. The third-order valence-corrected chi connectivity index (χ3v) is 2.70. The van der Waals surface area contributed by atoms with Crippen LogP contribution < -0.4 is 0 Å². The topological polar surface area (TPSA) is 67.9 Å². The smallest absolute Gasteiger partial charge is 0.256 e. The molecular formula is C14H14FN3O. The largest absolute Gasteiger partial charge is 0.336 e. The van der Waals surface area contributed by atoms with E-state index in [1.165, 1.54) is 11.0 Å². The molecule has 98 valence electrons. The molecule has 4 nitrogen and oxygen atoms in total. The van der Waals surface area contributed by atoms with Crippen molar-refractivity contribution in [3.63, 3.8) is 0 Å². The molecule has 0 saturated heterocycles. The van der Waals surface area contributed by atoms with Gasteiger partial charge < -0.3 is 4.90 Å². The van der Waals surface area contributed by atoms with E-state index < -0.39 is 11.7 Å². The lowest BCUT2D eigenvalue weighted by molar-refractivity contribution is 0.0757. The van der Waals surface area contributed by atoms with Crippen LogP contribution >= 0.6 is 0 Å². The van der Waals surface area contributed by atoms with Crippen LogP contribution in [-0.4, -0.2) is 23.9 Å². The normalized spacial score (nSPS) is 9.47. The van der Waals surface area contributed by atoms with Crippen molar-refractivity contribution in [1.82, 2.24) is 4.90 Å². The van der Waals surface area contributed by atoms with Crippen LogP contribution in [0.1, 0.15) is 28.8 Å². The van der Waals surface area contributed by atoms with Gasteiger partial charge in [-0.2, -0.15) is 10.5 Å². The molecule has 0 aromatic heterocycles. The van der Waals surface area contributed by atoms with Crippen LogP contribution in [0, 0.1) is 35.4 Å². The van der Waals surface area contributed by atoms with Crippen molar-refractivity contribution >= 4 is 5.91 Å². The number of amides is 1. The third kappa shape index (κ3) is 3.79. The van der Waals surface area contributed by atoms with Crippen LogP contribution in [0.4, 0.5) is 4.39 Å². The van der Waals surface area contributed by atoms with Gasteiger partial charge in [0.2, 0.25) is 0 Å². The number of nitriles is 2. The summed E-state index contributed by atoms with van der Waals surface area (Å²) in [6, 6.07) is 8.48. The second-order valence-electron chi connectivity index (χ2n) is 4.04. The first-order valence-electron chi connectivity index (χ1n) is 5.90. The molecule has 1 aromatic rings. The van der Waals surface area contributed by atoms with Crippen molar-refractivity contribution in [3.8, 4) is 12.1 Å². The number of aryl methyl sites for hydroxylation is 1. The lowest BCUT2D eigenvalue weighted by Gasteiger charge is -2.20. The number of rotatable bonds is 5. The molecule has 0 bridgehead atoms. The van der Waals surface area contributed by atoms with Crippen molar-refractivity contribution in [2.75, 3.05) is 13.1 Å². The molecule has 0 aliphatic carbocycles. The first kappa shape index (κ1) is 14.7. The molecule has 0 fully saturated rings. The van der Waals surface area contributed by atoms with Crippen molar-refractivity contribution in [1.29, 1.82) is 10.5 Å². The molecular weight excluding hydrogens is 245 g/mol. The van der Waals surface area contributed by atoms with Gasteiger partial charge in [-0.25, -0.2) is 4.39 Å². The van der Waals surface area contributed by atoms with Crippen LogP contribution in [-0.2, 0) is 0 Å². The van der Waals surface area contributed by atoms with E-state index in [1.807, 2.05) is 12.1 Å². The maximum Gasteiger partial charge on any atom is 0.256 e. The van der Waals surface area contributed by atoms with Crippen molar-refractivity contribution in [3.05, 3.63) is 35.1 Å². The van der Waals surface area contributed by atoms with Crippen LogP contribution in [0.25, 0.3) is 0 Å². The van der Waals surface area contributed by atoms with E-state index in [-0.39, 0.29) is 31.5 Å². The van der Waals surface area contributed by atoms with Crippen molar-refractivity contribution < 1.29 is 9.18 Å². The molecule has 0 unspecified atom stereocenters. The molecule has 0 spiro atoms. The second kappa shape index (κ2) is 7.13. The number of carbonyl (C=O) groups excluding carboxylic acids is 1. The molecule has 1 amide bonds. The van der Waals surface area contributed by atoms with E-state index in [4.69, 9.17) is 10.5 Å². The maximum absolute atomic E-state index is 13.9. The Kier molecular flexibility index (Phi) is 5.50. The third-order valence-electron chi connectivity index (χ3n) is 2.70. The summed E-state index contributed by atoms with van der Waals surface area (Å²) in [7, 11) is 0. The molecule has 0 aliphatic rings. The van der Waals surface area contributed by atoms with E-state index in [9.17, 15) is 9.18 Å². The van der Waals surface area contributed by atoms with Crippen LogP contribution in [0.15, 0.2) is 18.2 Å². The average molecular weight is 259 g/mol. The summed E-state index contributed by atoms with van der Waals surface area (Å²) in [4.78, 5) is 13.5. The van der Waals surface area contributed by atoms with E-state index in [0.29, 0.717) is 5.56 Å². The van der Waals surface area contributed by atoms with Gasteiger partial charge in [-0.05, 0) is 18.6 Å². The molecule has 0 saturated carbocycles. The standard InChI is InChI=1S/C14H14FN3O/c1-11-5-2-6-12(13(11)15)14(19)18(9-3-7-16)10-4-8-17/h2,5-6H,3-4,9-10H2,1H3. The minimum Gasteiger partial charge on any atom is -0.336 e. The van der Waals surface area contributed by atoms with Crippen molar-refractivity contribution in [2.45, 2.75) is 19.8 Å². The van der Waals surface area contributed by atoms with Crippen LogP contribution in [0.5, 0.6) is 0 Å². The zero-order chi connectivity index (χ0) is 14.3. The van der Waals surface area contributed by atoms with E-state index >= 15 is 0 Å². The highest BCUT2D eigenvalue weighted by atomic mass is 19.1. The summed E-state index contributed by atoms with van der Waals surface area (Å²) in [6.07, 6.45) is 0.315.